The molecule has 0 atom stereocenters. The zero-order chi connectivity index (χ0) is 23.9. The second-order valence-electron chi connectivity index (χ2n) is 9.47. The molecule has 9 nitrogen and oxygen atoms in total. The number of aromatic nitrogens is 3. The molecule has 0 unspecified atom stereocenters. The Hall–Kier alpha value is -3.85. The molecule has 3 fully saturated rings. The van der Waals surface area contributed by atoms with E-state index in [1.165, 1.54) is 37.2 Å². The van der Waals surface area contributed by atoms with Crippen LogP contribution in [0, 0.1) is 13.8 Å². The Balaban J connectivity index is 1.21. The van der Waals surface area contributed by atoms with Crippen molar-refractivity contribution < 1.29 is 4.42 Å². The van der Waals surface area contributed by atoms with E-state index >= 15 is 0 Å². The molecular weight excluding hydrogens is 442 g/mol. The second-order valence-corrected chi connectivity index (χ2v) is 9.47. The molecule has 2 bridgehead atoms. The van der Waals surface area contributed by atoms with Crippen molar-refractivity contribution in [2.45, 2.75) is 32.7 Å². The molecule has 9 heteroatoms. The predicted molar refractivity (Wildman–Crippen MR) is 138 cm³/mol. The fourth-order valence-electron chi connectivity index (χ4n) is 5.18. The first-order valence-corrected chi connectivity index (χ1v) is 12.1. The fourth-order valence-corrected chi connectivity index (χ4v) is 5.18. The van der Waals surface area contributed by atoms with Gasteiger partial charge in [-0.05, 0) is 68.7 Å². The summed E-state index contributed by atoms with van der Waals surface area (Å²) < 4.78 is 5.08. The third-order valence-electron chi connectivity index (χ3n) is 7.07. The summed E-state index contributed by atoms with van der Waals surface area (Å²) in [5.41, 5.74) is 6.40. The standard InChI is InChI=1S/C26H29N7O2/c1-16-13-18(3-5-22(16)33-12-11-32-9-7-20(33)8-10-32)29-25-27-15-17(2)24(31-25)28-19-4-6-23-21(14-19)30-26(34)35-23/h3-6,13-15,20H,7-12H2,1-2H3,(H,30,34)(H2,27,28,29,31). The van der Waals surface area contributed by atoms with Crippen molar-refractivity contribution in [3.63, 3.8) is 0 Å². The number of aromatic amines is 1. The molecule has 0 amide bonds. The molecule has 2 aromatic heterocycles. The minimum absolute atomic E-state index is 0.468. The minimum Gasteiger partial charge on any atom is -0.408 e. The SMILES string of the molecule is Cc1cc(Nc2ncc(C)c(Nc3ccc4oc(=O)[nH]c4c3)n2)ccc1N1CCN2CCC1CC2. The van der Waals surface area contributed by atoms with Crippen LogP contribution in [0.15, 0.2) is 51.8 Å². The summed E-state index contributed by atoms with van der Waals surface area (Å²) >= 11 is 0. The number of piperidine rings is 1. The number of hydrogen-bond donors (Lipinski definition) is 3. The highest BCUT2D eigenvalue weighted by atomic mass is 16.4. The number of nitrogens with one attached hydrogen (secondary N) is 3. The fraction of sp³-hybridized carbons (Fsp3) is 0.346. The highest BCUT2D eigenvalue weighted by Gasteiger charge is 2.29. The third kappa shape index (κ3) is 4.35. The Bertz CT molecular complexity index is 1440. The Morgan fingerprint density at radius 2 is 1.77 bits per heavy atom. The van der Waals surface area contributed by atoms with Crippen LogP contribution in [0.2, 0.25) is 0 Å². The smallest absolute Gasteiger partial charge is 0.408 e. The number of aryl methyl sites for hydroxylation is 2. The lowest BCUT2D eigenvalue weighted by Gasteiger charge is -2.34. The molecule has 0 radical (unpaired) electrons. The van der Waals surface area contributed by atoms with E-state index in [-0.39, 0.29) is 0 Å². The van der Waals surface area contributed by atoms with E-state index in [0.717, 1.165) is 30.0 Å². The Labute approximate surface area is 203 Å². The molecule has 4 aromatic rings. The number of rotatable bonds is 5. The average molecular weight is 472 g/mol. The van der Waals surface area contributed by atoms with Crippen molar-refractivity contribution in [2.24, 2.45) is 0 Å². The Morgan fingerprint density at radius 3 is 2.60 bits per heavy atom. The van der Waals surface area contributed by atoms with Gasteiger partial charge in [0.2, 0.25) is 5.95 Å². The van der Waals surface area contributed by atoms with Crippen LogP contribution < -0.4 is 21.3 Å². The lowest BCUT2D eigenvalue weighted by molar-refractivity contribution is 0.250. The first-order valence-electron chi connectivity index (χ1n) is 12.1. The molecule has 3 N–H and O–H groups in total. The van der Waals surface area contributed by atoms with Gasteiger partial charge in [0, 0.05) is 61.0 Å². The van der Waals surface area contributed by atoms with Crippen LogP contribution in [0.3, 0.4) is 0 Å². The van der Waals surface area contributed by atoms with E-state index in [1.807, 2.05) is 19.1 Å². The zero-order valence-electron chi connectivity index (χ0n) is 20.0. The topological polar surface area (TPSA) is 102 Å². The number of benzene rings is 2. The molecule has 3 saturated heterocycles. The molecule has 3 aliphatic heterocycles. The minimum atomic E-state index is -0.468. The molecule has 0 aliphatic carbocycles. The maximum absolute atomic E-state index is 11.4. The van der Waals surface area contributed by atoms with E-state index in [0.29, 0.717) is 28.9 Å². The molecule has 0 saturated carbocycles. The monoisotopic (exact) mass is 471 g/mol. The van der Waals surface area contributed by atoms with Gasteiger partial charge in [-0.25, -0.2) is 9.78 Å². The maximum atomic E-state index is 11.4. The molecule has 5 heterocycles. The normalized spacial score (nSPS) is 19.7. The van der Waals surface area contributed by atoms with Gasteiger partial charge in [-0.3, -0.25) is 4.98 Å². The van der Waals surface area contributed by atoms with Crippen molar-refractivity contribution >= 4 is 39.9 Å². The molecule has 180 valence electrons. The summed E-state index contributed by atoms with van der Waals surface area (Å²) in [5, 5.41) is 6.67. The van der Waals surface area contributed by atoms with Crippen LogP contribution in [-0.2, 0) is 0 Å². The number of nitrogens with zero attached hydrogens (tertiary/aromatic N) is 4. The number of oxazole rings is 1. The van der Waals surface area contributed by atoms with E-state index in [1.54, 1.807) is 12.3 Å². The summed E-state index contributed by atoms with van der Waals surface area (Å²) in [4.78, 5) is 28.5. The summed E-state index contributed by atoms with van der Waals surface area (Å²) in [6.07, 6.45) is 4.28. The molecule has 0 spiro atoms. The quantitative estimate of drug-likeness (QED) is 0.396. The summed E-state index contributed by atoms with van der Waals surface area (Å²) in [5.74, 6) is 0.741. The predicted octanol–water partition coefficient (Wildman–Crippen LogP) is 4.30. The van der Waals surface area contributed by atoms with Gasteiger partial charge >= 0.3 is 5.76 Å². The Kier molecular flexibility index (Phi) is 5.41. The van der Waals surface area contributed by atoms with Gasteiger partial charge in [0.25, 0.3) is 0 Å². The molecular formula is C26H29N7O2. The van der Waals surface area contributed by atoms with Crippen molar-refractivity contribution in [1.82, 2.24) is 19.9 Å². The van der Waals surface area contributed by atoms with E-state index in [4.69, 9.17) is 4.42 Å². The van der Waals surface area contributed by atoms with Crippen molar-refractivity contribution in [2.75, 3.05) is 41.7 Å². The summed E-state index contributed by atoms with van der Waals surface area (Å²) in [7, 11) is 0. The van der Waals surface area contributed by atoms with Crippen molar-refractivity contribution in [3.05, 3.63) is 64.3 Å². The van der Waals surface area contributed by atoms with Gasteiger partial charge in [0.1, 0.15) is 5.82 Å². The highest BCUT2D eigenvalue weighted by Crippen LogP contribution is 2.31. The van der Waals surface area contributed by atoms with Crippen molar-refractivity contribution in [3.8, 4) is 0 Å². The van der Waals surface area contributed by atoms with E-state index < -0.39 is 5.76 Å². The van der Waals surface area contributed by atoms with Crippen LogP contribution in [0.4, 0.5) is 28.8 Å². The van der Waals surface area contributed by atoms with Crippen LogP contribution >= 0.6 is 0 Å². The van der Waals surface area contributed by atoms with Crippen LogP contribution in [0.5, 0.6) is 0 Å². The van der Waals surface area contributed by atoms with E-state index in [2.05, 4.69) is 60.5 Å². The van der Waals surface area contributed by atoms with Crippen LogP contribution in [0.1, 0.15) is 24.0 Å². The number of hydrogen-bond acceptors (Lipinski definition) is 8. The van der Waals surface area contributed by atoms with Gasteiger partial charge in [0.15, 0.2) is 5.58 Å². The first-order chi connectivity index (χ1) is 17.0. The van der Waals surface area contributed by atoms with Crippen LogP contribution in [-0.4, -0.2) is 52.1 Å². The summed E-state index contributed by atoms with van der Waals surface area (Å²) in [6.45, 7) is 8.80. The zero-order valence-corrected chi connectivity index (χ0v) is 20.0. The van der Waals surface area contributed by atoms with Gasteiger partial charge in [-0.15, -0.1) is 0 Å². The van der Waals surface area contributed by atoms with Crippen LogP contribution in [0.25, 0.3) is 11.1 Å². The van der Waals surface area contributed by atoms with Gasteiger partial charge in [-0.1, -0.05) is 0 Å². The third-order valence-corrected chi connectivity index (χ3v) is 7.07. The van der Waals surface area contributed by atoms with Gasteiger partial charge in [-0.2, -0.15) is 4.98 Å². The lowest BCUT2D eigenvalue weighted by Crippen LogP contribution is -2.38. The lowest BCUT2D eigenvalue weighted by atomic mass is 10.0. The molecule has 2 aromatic carbocycles. The van der Waals surface area contributed by atoms with Gasteiger partial charge < -0.3 is 24.9 Å². The van der Waals surface area contributed by atoms with E-state index in [9.17, 15) is 4.79 Å². The number of anilines is 5. The maximum Gasteiger partial charge on any atom is 0.417 e. The molecule has 7 rings (SSSR count). The second kappa shape index (κ2) is 8.74. The van der Waals surface area contributed by atoms with Crippen molar-refractivity contribution in [1.29, 1.82) is 0 Å². The summed E-state index contributed by atoms with van der Waals surface area (Å²) in [6, 6.07) is 12.6. The average Bonchev–Trinajstić information content (AvgIpc) is 2.98. The number of H-pyrrole nitrogens is 1. The molecule has 3 aliphatic rings. The largest absolute Gasteiger partial charge is 0.417 e. The first kappa shape index (κ1) is 21.7. The number of fused-ring (bicyclic) bond motifs is 5. The Morgan fingerprint density at radius 1 is 0.971 bits per heavy atom. The molecule has 35 heavy (non-hydrogen) atoms. The highest BCUT2D eigenvalue weighted by molar-refractivity contribution is 5.78. The van der Waals surface area contributed by atoms with Gasteiger partial charge in [0.05, 0.1) is 5.52 Å².